The van der Waals surface area contributed by atoms with Gasteiger partial charge in [0.05, 0.1) is 23.2 Å². The molecule has 20 heavy (non-hydrogen) atoms. The Morgan fingerprint density at radius 2 is 2.10 bits per heavy atom. The van der Waals surface area contributed by atoms with Crippen LogP contribution in [0.15, 0.2) is 42.6 Å². The molecule has 0 saturated heterocycles. The van der Waals surface area contributed by atoms with Gasteiger partial charge in [-0.15, -0.1) is 0 Å². The van der Waals surface area contributed by atoms with Gasteiger partial charge in [0.25, 0.3) is 5.91 Å². The van der Waals surface area contributed by atoms with E-state index < -0.39 is 6.04 Å². The van der Waals surface area contributed by atoms with Crippen molar-refractivity contribution in [2.45, 2.75) is 13.0 Å². The number of amides is 1. The second-order valence-electron chi connectivity index (χ2n) is 4.42. The fourth-order valence-corrected chi connectivity index (χ4v) is 2.14. The molecule has 0 saturated carbocycles. The normalized spacial score (nSPS) is 11.9. The molecule has 2 aromatic rings. The van der Waals surface area contributed by atoms with E-state index in [2.05, 4.69) is 10.3 Å². The zero-order valence-corrected chi connectivity index (χ0v) is 11.8. The van der Waals surface area contributed by atoms with Crippen molar-refractivity contribution in [1.82, 2.24) is 10.3 Å². The van der Waals surface area contributed by atoms with E-state index >= 15 is 0 Å². The number of aliphatic hydroxyl groups is 1. The van der Waals surface area contributed by atoms with Gasteiger partial charge in [0, 0.05) is 11.9 Å². The van der Waals surface area contributed by atoms with Gasteiger partial charge in [-0.25, -0.2) is 0 Å². The van der Waals surface area contributed by atoms with Crippen LogP contribution in [0, 0.1) is 6.92 Å². The zero-order valence-electron chi connectivity index (χ0n) is 11.0. The Hall–Kier alpha value is -1.91. The molecule has 1 heterocycles. The summed E-state index contributed by atoms with van der Waals surface area (Å²) in [5.41, 5.74) is 1.87. The molecule has 0 aliphatic rings. The zero-order chi connectivity index (χ0) is 14.5. The lowest BCUT2D eigenvalue weighted by Gasteiger charge is -2.17. The minimum atomic E-state index is -0.471. The highest BCUT2D eigenvalue weighted by molar-refractivity contribution is 6.33. The molecule has 0 spiro atoms. The number of rotatable bonds is 4. The van der Waals surface area contributed by atoms with Crippen molar-refractivity contribution in [2.24, 2.45) is 0 Å². The Morgan fingerprint density at radius 1 is 1.40 bits per heavy atom. The molecule has 0 bridgehead atoms. The van der Waals surface area contributed by atoms with Crippen LogP contribution in [-0.2, 0) is 0 Å². The summed E-state index contributed by atoms with van der Waals surface area (Å²) in [4.78, 5) is 16.2. The number of nitrogens with one attached hydrogen (secondary N) is 1. The summed E-state index contributed by atoms with van der Waals surface area (Å²) in [6.45, 7) is 1.61. The summed E-state index contributed by atoms with van der Waals surface area (Å²) in [7, 11) is 0. The molecule has 2 rings (SSSR count). The van der Waals surface area contributed by atoms with E-state index in [-0.39, 0.29) is 12.5 Å². The second-order valence-corrected chi connectivity index (χ2v) is 4.83. The quantitative estimate of drug-likeness (QED) is 0.909. The molecule has 1 aromatic heterocycles. The Morgan fingerprint density at radius 3 is 2.70 bits per heavy atom. The van der Waals surface area contributed by atoms with Gasteiger partial charge < -0.3 is 10.4 Å². The first-order chi connectivity index (χ1) is 9.61. The molecule has 0 radical (unpaired) electrons. The molecular weight excluding hydrogens is 276 g/mol. The smallest absolute Gasteiger partial charge is 0.254 e. The minimum Gasteiger partial charge on any atom is -0.394 e. The minimum absolute atomic E-state index is 0.188. The van der Waals surface area contributed by atoms with E-state index in [1.807, 2.05) is 30.3 Å². The van der Waals surface area contributed by atoms with Crippen molar-refractivity contribution in [3.63, 3.8) is 0 Å². The lowest BCUT2D eigenvalue weighted by atomic mass is 10.1. The SMILES string of the molecule is Cc1cc(Cl)c(C(=O)N[C@@H](CO)c2ccccc2)cn1. The van der Waals surface area contributed by atoms with Gasteiger partial charge in [0.1, 0.15) is 0 Å². The fourth-order valence-electron chi connectivity index (χ4n) is 1.85. The number of benzene rings is 1. The van der Waals surface area contributed by atoms with Gasteiger partial charge in [-0.3, -0.25) is 9.78 Å². The summed E-state index contributed by atoms with van der Waals surface area (Å²) in [5, 5.41) is 12.5. The maximum Gasteiger partial charge on any atom is 0.254 e. The molecule has 0 unspecified atom stereocenters. The van der Waals surface area contributed by atoms with Gasteiger partial charge >= 0.3 is 0 Å². The van der Waals surface area contributed by atoms with E-state index in [0.717, 1.165) is 11.3 Å². The number of aliphatic hydroxyl groups excluding tert-OH is 1. The number of nitrogens with zero attached hydrogens (tertiary/aromatic N) is 1. The lowest BCUT2D eigenvalue weighted by molar-refractivity contribution is 0.0916. The average molecular weight is 291 g/mol. The summed E-state index contributed by atoms with van der Waals surface area (Å²) < 4.78 is 0. The fraction of sp³-hybridized carbons (Fsp3) is 0.200. The predicted octanol–water partition coefficient (Wildman–Crippen LogP) is 2.51. The molecule has 0 aliphatic heterocycles. The molecule has 0 fully saturated rings. The first kappa shape index (κ1) is 14.5. The molecule has 5 heteroatoms. The molecule has 0 aliphatic carbocycles. The Bertz CT molecular complexity index is 602. The topological polar surface area (TPSA) is 62.2 Å². The second kappa shape index (κ2) is 6.50. The van der Waals surface area contributed by atoms with Crippen molar-refractivity contribution in [3.05, 3.63) is 64.4 Å². The van der Waals surface area contributed by atoms with E-state index in [1.54, 1.807) is 13.0 Å². The van der Waals surface area contributed by atoms with Gasteiger partial charge in [-0.2, -0.15) is 0 Å². The molecule has 1 aromatic carbocycles. The van der Waals surface area contributed by atoms with Gasteiger partial charge in [0.2, 0.25) is 0 Å². The number of halogens is 1. The highest BCUT2D eigenvalue weighted by atomic mass is 35.5. The van der Waals surface area contributed by atoms with Crippen LogP contribution in [0.25, 0.3) is 0 Å². The van der Waals surface area contributed by atoms with E-state index in [0.29, 0.717) is 10.6 Å². The standard InChI is InChI=1S/C15H15ClN2O2/c1-10-7-13(16)12(8-17-10)15(20)18-14(9-19)11-5-3-2-4-6-11/h2-8,14,19H,9H2,1H3,(H,18,20)/t14-/m0/s1. The Labute approximate surface area is 122 Å². The van der Waals surface area contributed by atoms with Crippen LogP contribution in [0.2, 0.25) is 5.02 Å². The van der Waals surface area contributed by atoms with E-state index in [4.69, 9.17) is 11.6 Å². The molecular formula is C15H15ClN2O2. The van der Waals surface area contributed by atoms with Crippen LogP contribution < -0.4 is 5.32 Å². The number of hydrogen-bond acceptors (Lipinski definition) is 3. The van der Waals surface area contributed by atoms with Crippen molar-refractivity contribution >= 4 is 17.5 Å². The first-order valence-electron chi connectivity index (χ1n) is 6.20. The van der Waals surface area contributed by atoms with Crippen LogP contribution >= 0.6 is 11.6 Å². The highest BCUT2D eigenvalue weighted by Gasteiger charge is 2.17. The maximum atomic E-state index is 12.2. The summed E-state index contributed by atoms with van der Waals surface area (Å²) in [5.74, 6) is -0.356. The van der Waals surface area contributed by atoms with Crippen molar-refractivity contribution in [1.29, 1.82) is 0 Å². The molecule has 1 amide bonds. The van der Waals surface area contributed by atoms with Crippen LogP contribution in [0.4, 0.5) is 0 Å². The molecule has 2 N–H and O–H groups in total. The number of aryl methyl sites for hydroxylation is 1. The van der Waals surface area contributed by atoms with Crippen LogP contribution in [0.1, 0.15) is 27.7 Å². The third-order valence-electron chi connectivity index (χ3n) is 2.92. The Kier molecular flexibility index (Phi) is 4.71. The summed E-state index contributed by atoms with van der Waals surface area (Å²) in [6, 6.07) is 10.4. The van der Waals surface area contributed by atoms with Crippen LogP contribution in [0.3, 0.4) is 0 Å². The predicted molar refractivity (Wildman–Crippen MR) is 77.7 cm³/mol. The van der Waals surface area contributed by atoms with Gasteiger partial charge in [0.15, 0.2) is 0 Å². The van der Waals surface area contributed by atoms with Crippen molar-refractivity contribution < 1.29 is 9.90 Å². The third-order valence-corrected chi connectivity index (χ3v) is 3.24. The molecule has 4 nitrogen and oxygen atoms in total. The van der Waals surface area contributed by atoms with Gasteiger partial charge in [-0.1, -0.05) is 41.9 Å². The van der Waals surface area contributed by atoms with Crippen molar-refractivity contribution in [2.75, 3.05) is 6.61 Å². The summed E-state index contributed by atoms with van der Waals surface area (Å²) in [6.07, 6.45) is 1.44. The van der Waals surface area contributed by atoms with Crippen LogP contribution in [-0.4, -0.2) is 22.6 Å². The number of pyridine rings is 1. The third kappa shape index (κ3) is 3.35. The van der Waals surface area contributed by atoms with Crippen molar-refractivity contribution in [3.8, 4) is 0 Å². The number of carbonyl (C=O) groups excluding carboxylic acids is 1. The van der Waals surface area contributed by atoms with E-state index in [1.165, 1.54) is 6.20 Å². The maximum absolute atomic E-state index is 12.2. The number of aromatic nitrogens is 1. The lowest BCUT2D eigenvalue weighted by Crippen LogP contribution is -2.31. The summed E-state index contributed by atoms with van der Waals surface area (Å²) >= 11 is 6.03. The molecule has 1 atom stereocenters. The number of hydrogen-bond donors (Lipinski definition) is 2. The largest absolute Gasteiger partial charge is 0.394 e. The Balaban J connectivity index is 2.17. The van der Waals surface area contributed by atoms with E-state index in [9.17, 15) is 9.90 Å². The monoisotopic (exact) mass is 290 g/mol. The molecule has 104 valence electrons. The average Bonchev–Trinajstić information content (AvgIpc) is 2.45. The number of carbonyl (C=O) groups is 1. The van der Waals surface area contributed by atoms with Gasteiger partial charge in [-0.05, 0) is 18.6 Å². The first-order valence-corrected chi connectivity index (χ1v) is 6.58. The van der Waals surface area contributed by atoms with Crippen LogP contribution in [0.5, 0.6) is 0 Å². The highest BCUT2D eigenvalue weighted by Crippen LogP contribution is 2.18.